The summed E-state index contributed by atoms with van der Waals surface area (Å²) in [7, 11) is 1.97. The first-order valence-electron chi connectivity index (χ1n) is 14.0. The quantitative estimate of drug-likeness (QED) is 0.243. The zero-order valence-electron chi connectivity index (χ0n) is 23.6. The van der Waals surface area contributed by atoms with Gasteiger partial charge in [0, 0.05) is 43.5 Å². The van der Waals surface area contributed by atoms with Crippen LogP contribution >= 0.6 is 0 Å². The molecular weight excluding hydrogens is 526 g/mol. The predicted octanol–water partition coefficient (Wildman–Crippen LogP) is 5.72. The number of amides is 1. The number of piperidine rings is 1. The van der Waals surface area contributed by atoms with Crippen LogP contribution in [0.5, 0.6) is 11.5 Å². The molecule has 0 aliphatic carbocycles. The number of nitrogens with two attached hydrogens (primary N) is 1. The molecule has 9 heteroatoms. The van der Waals surface area contributed by atoms with E-state index in [1.165, 1.54) is 6.33 Å². The van der Waals surface area contributed by atoms with Crippen molar-refractivity contribution in [3.8, 4) is 22.8 Å². The number of ether oxygens (including phenoxy) is 1. The average Bonchev–Trinajstić information content (AvgIpc) is 3.43. The summed E-state index contributed by atoms with van der Waals surface area (Å²) in [6.45, 7) is 5.77. The number of fused-ring (bicyclic) bond motifs is 1. The fourth-order valence-electron chi connectivity index (χ4n) is 5.45. The smallest absolute Gasteiger partial charge is 0.251 e. The summed E-state index contributed by atoms with van der Waals surface area (Å²) in [5.41, 5.74) is 10.2. The van der Waals surface area contributed by atoms with Crippen LogP contribution < -0.4 is 15.4 Å². The molecule has 5 aromatic rings. The van der Waals surface area contributed by atoms with Gasteiger partial charge in [-0.15, -0.1) is 0 Å². The van der Waals surface area contributed by atoms with E-state index in [2.05, 4.69) is 16.5 Å². The van der Waals surface area contributed by atoms with Gasteiger partial charge in [-0.1, -0.05) is 43.0 Å². The molecule has 2 aromatic heterocycles. The van der Waals surface area contributed by atoms with Crippen molar-refractivity contribution in [3.63, 3.8) is 0 Å². The maximum Gasteiger partial charge on any atom is 0.251 e. The Morgan fingerprint density at radius 1 is 1.00 bits per heavy atom. The lowest BCUT2D eigenvalue weighted by Gasteiger charge is -2.34. The molecule has 1 aliphatic heterocycles. The molecule has 0 saturated carbocycles. The Morgan fingerprint density at radius 2 is 1.69 bits per heavy atom. The molecule has 0 spiro atoms. The van der Waals surface area contributed by atoms with E-state index >= 15 is 0 Å². The van der Waals surface area contributed by atoms with Gasteiger partial charge in [-0.3, -0.25) is 4.79 Å². The maximum absolute atomic E-state index is 13.5. The van der Waals surface area contributed by atoms with Crippen LogP contribution in [0, 0.1) is 0 Å². The number of rotatable bonds is 8. The molecule has 6 rings (SSSR count). The standard InChI is InChI=1S/C33H33N7O2/c1-23(20-38(2)25-10-5-3-6-11-25)33(41)39-19-9-12-26(21-39)40-32-29(31(34)35-22-36-32)30(37-40)24-15-17-28(18-16-24)42-27-13-7-4-8-14-27/h3-8,10-11,13-18,22,26H,1,9,12,19-21H2,2H3,(H2,34,35,36)/t26-/m1/s1. The van der Waals surface area contributed by atoms with Crippen LogP contribution in [0.25, 0.3) is 22.3 Å². The Labute approximate surface area is 244 Å². The lowest BCUT2D eigenvalue weighted by atomic mass is 10.0. The number of para-hydroxylation sites is 2. The van der Waals surface area contributed by atoms with Crippen molar-refractivity contribution in [1.29, 1.82) is 0 Å². The van der Waals surface area contributed by atoms with E-state index < -0.39 is 0 Å². The van der Waals surface area contributed by atoms with Crippen LogP contribution in [0.15, 0.2) is 103 Å². The van der Waals surface area contributed by atoms with Crippen LogP contribution in [-0.4, -0.2) is 57.2 Å². The van der Waals surface area contributed by atoms with Crippen molar-refractivity contribution in [2.45, 2.75) is 18.9 Å². The molecule has 9 nitrogen and oxygen atoms in total. The maximum atomic E-state index is 13.5. The number of hydrogen-bond donors (Lipinski definition) is 1. The summed E-state index contributed by atoms with van der Waals surface area (Å²) >= 11 is 0. The van der Waals surface area contributed by atoms with E-state index in [0.29, 0.717) is 47.8 Å². The lowest BCUT2D eigenvalue weighted by molar-refractivity contribution is -0.128. The van der Waals surface area contributed by atoms with E-state index in [9.17, 15) is 4.79 Å². The minimum atomic E-state index is -0.0615. The van der Waals surface area contributed by atoms with Crippen LogP contribution in [-0.2, 0) is 4.79 Å². The number of anilines is 2. The highest BCUT2D eigenvalue weighted by atomic mass is 16.5. The summed E-state index contributed by atoms with van der Waals surface area (Å²) in [6.07, 6.45) is 3.18. The Balaban J connectivity index is 1.23. The normalized spacial score (nSPS) is 15.0. The van der Waals surface area contributed by atoms with Gasteiger partial charge < -0.3 is 20.3 Å². The van der Waals surface area contributed by atoms with Gasteiger partial charge in [-0.2, -0.15) is 5.10 Å². The molecule has 3 heterocycles. The van der Waals surface area contributed by atoms with Crippen molar-refractivity contribution in [2.75, 3.05) is 37.3 Å². The average molecular weight is 560 g/mol. The number of likely N-dealkylation sites (tertiary alicyclic amines) is 1. The molecule has 212 valence electrons. The van der Waals surface area contributed by atoms with Gasteiger partial charge in [0.1, 0.15) is 29.3 Å². The van der Waals surface area contributed by atoms with Gasteiger partial charge in [-0.25, -0.2) is 14.6 Å². The highest BCUT2D eigenvalue weighted by Crippen LogP contribution is 2.35. The van der Waals surface area contributed by atoms with Crippen LogP contribution in [0.2, 0.25) is 0 Å². The molecule has 2 N–H and O–H groups in total. The topological polar surface area (TPSA) is 102 Å². The van der Waals surface area contributed by atoms with Crippen LogP contribution in [0.1, 0.15) is 18.9 Å². The Bertz CT molecular complexity index is 1700. The second-order valence-corrected chi connectivity index (χ2v) is 10.5. The minimum Gasteiger partial charge on any atom is -0.457 e. The summed E-state index contributed by atoms with van der Waals surface area (Å²) in [5, 5.41) is 5.71. The molecule has 1 atom stereocenters. The number of benzene rings is 3. The number of aromatic nitrogens is 4. The fraction of sp³-hybridized carbons (Fsp3) is 0.212. The third-order valence-electron chi connectivity index (χ3n) is 7.58. The number of likely N-dealkylation sites (N-methyl/N-ethyl adjacent to an activating group) is 1. The van der Waals surface area contributed by atoms with E-state index in [-0.39, 0.29) is 11.9 Å². The Morgan fingerprint density at radius 3 is 2.43 bits per heavy atom. The lowest BCUT2D eigenvalue weighted by Crippen LogP contribution is -2.42. The van der Waals surface area contributed by atoms with Crippen molar-refractivity contribution in [3.05, 3.63) is 103 Å². The SMILES string of the molecule is C=C(CN(C)c1ccccc1)C(=O)N1CCC[C@@H](n2nc(-c3ccc(Oc4ccccc4)cc3)c3c(N)ncnc32)C1. The largest absolute Gasteiger partial charge is 0.457 e. The van der Waals surface area contributed by atoms with Gasteiger partial charge in [0.2, 0.25) is 0 Å². The number of carbonyl (C=O) groups excluding carboxylic acids is 1. The molecule has 3 aromatic carbocycles. The predicted molar refractivity (Wildman–Crippen MR) is 165 cm³/mol. The van der Waals surface area contributed by atoms with Crippen LogP contribution in [0.3, 0.4) is 0 Å². The molecule has 0 unspecified atom stereocenters. The third kappa shape index (κ3) is 5.54. The zero-order valence-corrected chi connectivity index (χ0v) is 23.6. The first kappa shape index (κ1) is 27.0. The molecule has 0 radical (unpaired) electrons. The highest BCUT2D eigenvalue weighted by Gasteiger charge is 2.29. The van der Waals surface area contributed by atoms with Crippen molar-refractivity contribution in [2.24, 2.45) is 0 Å². The van der Waals surface area contributed by atoms with Gasteiger partial charge in [0.05, 0.1) is 11.4 Å². The number of nitrogens with zero attached hydrogens (tertiary/aromatic N) is 6. The second kappa shape index (κ2) is 11.7. The Hall–Kier alpha value is -5.18. The van der Waals surface area contributed by atoms with Crippen molar-refractivity contribution < 1.29 is 9.53 Å². The van der Waals surface area contributed by atoms with Gasteiger partial charge in [0.25, 0.3) is 5.91 Å². The van der Waals surface area contributed by atoms with Gasteiger partial charge in [-0.05, 0) is 61.4 Å². The first-order chi connectivity index (χ1) is 20.5. The molecule has 1 saturated heterocycles. The monoisotopic (exact) mass is 559 g/mol. The minimum absolute atomic E-state index is 0.0395. The van der Waals surface area contributed by atoms with Crippen molar-refractivity contribution in [1.82, 2.24) is 24.6 Å². The molecule has 0 bridgehead atoms. The molecule has 1 aliphatic rings. The van der Waals surface area contributed by atoms with Crippen LogP contribution in [0.4, 0.5) is 11.5 Å². The summed E-state index contributed by atoms with van der Waals surface area (Å²) in [4.78, 5) is 26.2. The van der Waals surface area contributed by atoms with E-state index in [4.69, 9.17) is 15.6 Å². The van der Waals surface area contributed by atoms with E-state index in [1.54, 1.807) is 0 Å². The molecule has 1 fully saturated rings. The number of nitrogen functional groups attached to an aromatic ring is 1. The first-order valence-corrected chi connectivity index (χ1v) is 14.0. The van der Waals surface area contributed by atoms with E-state index in [1.807, 2.05) is 106 Å². The summed E-state index contributed by atoms with van der Waals surface area (Å²) < 4.78 is 7.87. The number of hydrogen-bond acceptors (Lipinski definition) is 7. The van der Waals surface area contributed by atoms with Crippen molar-refractivity contribution >= 4 is 28.4 Å². The summed E-state index contributed by atoms with van der Waals surface area (Å²) in [5.74, 6) is 1.81. The van der Waals surface area contributed by atoms with E-state index in [0.717, 1.165) is 35.6 Å². The van der Waals surface area contributed by atoms with Gasteiger partial charge in [0.15, 0.2) is 5.65 Å². The highest BCUT2D eigenvalue weighted by molar-refractivity contribution is 5.98. The third-order valence-corrected chi connectivity index (χ3v) is 7.58. The molecule has 1 amide bonds. The second-order valence-electron chi connectivity index (χ2n) is 10.5. The Kier molecular flexibility index (Phi) is 7.55. The number of carbonyl (C=O) groups is 1. The zero-order chi connectivity index (χ0) is 29.1. The summed E-state index contributed by atoms with van der Waals surface area (Å²) in [6, 6.07) is 27.3. The molecular formula is C33H33N7O2. The molecule has 42 heavy (non-hydrogen) atoms. The van der Waals surface area contributed by atoms with Gasteiger partial charge >= 0.3 is 0 Å². The fourth-order valence-corrected chi connectivity index (χ4v) is 5.45.